The number of amides is 1. The Balaban J connectivity index is 1.84. The average molecular weight is 333 g/mol. The summed E-state index contributed by atoms with van der Waals surface area (Å²) < 4.78 is 0. The second-order valence-electron chi connectivity index (χ2n) is 6.28. The van der Waals surface area contributed by atoms with E-state index in [1.165, 1.54) is 0 Å². The predicted molar refractivity (Wildman–Crippen MR) is 98.9 cm³/mol. The number of aromatic amines is 1. The second kappa shape index (κ2) is 8.29. The molecule has 1 unspecified atom stereocenters. The van der Waals surface area contributed by atoms with Crippen molar-refractivity contribution in [3.63, 3.8) is 0 Å². The molecule has 128 valence electrons. The highest BCUT2D eigenvalue weighted by molar-refractivity contribution is 5.78. The van der Waals surface area contributed by atoms with Crippen molar-refractivity contribution in [2.45, 2.75) is 25.2 Å². The van der Waals surface area contributed by atoms with Crippen molar-refractivity contribution in [2.24, 2.45) is 11.7 Å². The van der Waals surface area contributed by atoms with Crippen LogP contribution in [0.3, 0.4) is 0 Å². The van der Waals surface area contributed by atoms with Gasteiger partial charge >= 0.3 is 0 Å². The van der Waals surface area contributed by atoms with Gasteiger partial charge in [0.1, 0.15) is 0 Å². The van der Waals surface area contributed by atoms with Crippen LogP contribution in [0.2, 0.25) is 0 Å². The number of nitrogens with two attached hydrogens (primary N) is 1. The molecule has 4 nitrogen and oxygen atoms in total. The van der Waals surface area contributed by atoms with Crippen LogP contribution in [-0.2, 0) is 11.2 Å². The van der Waals surface area contributed by atoms with E-state index in [9.17, 15) is 4.79 Å². The van der Waals surface area contributed by atoms with Crippen LogP contribution in [0, 0.1) is 5.92 Å². The van der Waals surface area contributed by atoms with Gasteiger partial charge in [0.15, 0.2) is 0 Å². The van der Waals surface area contributed by atoms with Crippen LogP contribution < -0.4 is 5.73 Å². The summed E-state index contributed by atoms with van der Waals surface area (Å²) in [6.45, 7) is 0. The Morgan fingerprint density at radius 1 is 1.00 bits per heavy atom. The lowest BCUT2D eigenvalue weighted by molar-refractivity contribution is -0.122. The molecule has 4 heteroatoms. The summed E-state index contributed by atoms with van der Waals surface area (Å²) in [6.07, 6.45) is 5.98. The van der Waals surface area contributed by atoms with Gasteiger partial charge in [-0.3, -0.25) is 4.79 Å². The van der Waals surface area contributed by atoms with E-state index in [1.807, 2.05) is 42.6 Å². The zero-order valence-electron chi connectivity index (χ0n) is 14.1. The van der Waals surface area contributed by atoms with Crippen molar-refractivity contribution in [2.75, 3.05) is 0 Å². The standard InChI is InChI=1S/C21H23N3O/c22-21(25)19(13-7-12-18-14-23-15-24-18)20(16-8-3-1-4-9-16)17-10-5-2-6-11-17/h1-6,8-11,14-15,19-20H,7,12-13H2,(H2,22,25)(H,23,24). The van der Waals surface area contributed by atoms with E-state index in [2.05, 4.69) is 34.2 Å². The summed E-state index contributed by atoms with van der Waals surface area (Å²) >= 11 is 0. The number of nitrogens with zero attached hydrogens (tertiary/aromatic N) is 1. The number of benzene rings is 2. The van der Waals surface area contributed by atoms with Gasteiger partial charge in [0.2, 0.25) is 5.91 Å². The number of rotatable bonds is 8. The van der Waals surface area contributed by atoms with Gasteiger partial charge in [-0.05, 0) is 30.4 Å². The molecule has 0 radical (unpaired) electrons. The van der Waals surface area contributed by atoms with Crippen LogP contribution in [0.15, 0.2) is 73.2 Å². The minimum atomic E-state index is -0.248. The summed E-state index contributed by atoms with van der Waals surface area (Å²) in [7, 11) is 0. The number of H-pyrrole nitrogens is 1. The molecule has 1 atom stereocenters. The lowest BCUT2D eigenvalue weighted by Gasteiger charge is -2.26. The van der Waals surface area contributed by atoms with Gasteiger partial charge in [-0.25, -0.2) is 4.98 Å². The summed E-state index contributed by atoms with van der Waals surface area (Å²) in [5.41, 5.74) is 9.14. The fourth-order valence-electron chi connectivity index (χ4n) is 3.38. The molecule has 2 aromatic carbocycles. The quantitative estimate of drug-likeness (QED) is 0.660. The van der Waals surface area contributed by atoms with Crippen molar-refractivity contribution in [1.29, 1.82) is 0 Å². The van der Waals surface area contributed by atoms with Crippen LogP contribution in [0.4, 0.5) is 0 Å². The van der Waals surface area contributed by atoms with E-state index in [0.29, 0.717) is 0 Å². The number of carbonyl (C=O) groups is 1. The van der Waals surface area contributed by atoms with E-state index in [4.69, 9.17) is 5.73 Å². The molecular formula is C21H23N3O. The molecule has 3 aromatic rings. The first-order valence-electron chi connectivity index (χ1n) is 8.62. The number of carbonyl (C=O) groups excluding carboxylic acids is 1. The highest BCUT2D eigenvalue weighted by Crippen LogP contribution is 2.34. The van der Waals surface area contributed by atoms with Crippen molar-refractivity contribution in [3.05, 3.63) is 90.0 Å². The SMILES string of the molecule is NC(=O)C(CCCc1cnc[nH]1)C(c1ccccc1)c1ccccc1. The molecule has 1 amide bonds. The molecule has 1 heterocycles. The first kappa shape index (κ1) is 17.0. The van der Waals surface area contributed by atoms with Crippen molar-refractivity contribution in [3.8, 4) is 0 Å². The van der Waals surface area contributed by atoms with E-state index in [0.717, 1.165) is 36.1 Å². The summed E-state index contributed by atoms with van der Waals surface area (Å²) in [6, 6.07) is 20.3. The smallest absolute Gasteiger partial charge is 0.221 e. The number of primary amides is 1. The number of aryl methyl sites for hydroxylation is 1. The summed E-state index contributed by atoms with van der Waals surface area (Å²) in [5.74, 6) is -0.517. The monoisotopic (exact) mass is 333 g/mol. The van der Waals surface area contributed by atoms with Crippen LogP contribution >= 0.6 is 0 Å². The number of aromatic nitrogens is 2. The Kier molecular flexibility index (Phi) is 5.62. The third-order valence-corrected chi connectivity index (χ3v) is 4.60. The van der Waals surface area contributed by atoms with Gasteiger partial charge in [-0.1, -0.05) is 60.7 Å². The van der Waals surface area contributed by atoms with Crippen molar-refractivity contribution >= 4 is 5.91 Å². The van der Waals surface area contributed by atoms with Crippen molar-refractivity contribution < 1.29 is 4.79 Å². The molecule has 0 aliphatic rings. The van der Waals surface area contributed by atoms with Gasteiger partial charge in [0.05, 0.1) is 6.33 Å². The topological polar surface area (TPSA) is 71.8 Å². The predicted octanol–water partition coefficient (Wildman–Crippen LogP) is 3.67. The van der Waals surface area contributed by atoms with Gasteiger partial charge in [-0.2, -0.15) is 0 Å². The summed E-state index contributed by atoms with van der Waals surface area (Å²) in [4.78, 5) is 19.4. The highest BCUT2D eigenvalue weighted by atomic mass is 16.1. The van der Waals surface area contributed by atoms with Gasteiger partial charge in [0.25, 0.3) is 0 Å². The minimum absolute atomic E-state index is 0.0262. The number of hydrogen-bond acceptors (Lipinski definition) is 2. The Hall–Kier alpha value is -2.88. The Morgan fingerprint density at radius 3 is 2.08 bits per heavy atom. The third-order valence-electron chi connectivity index (χ3n) is 4.60. The molecule has 1 aromatic heterocycles. The number of imidazole rings is 1. The Morgan fingerprint density at radius 2 is 1.60 bits per heavy atom. The number of hydrogen-bond donors (Lipinski definition) is 2. The van der Waals surface area contributed by atoms with E-state index >= 15 is 0 Å². The molecule has 0 aliphatic heterocycles. The van der Waals surface area contributed by atoms with Gasteiger partial charge in [0, 0.05) is 23.7 Å². The lowest BCUT2D eigenvalue weighted by Crippen LogP contribution is -2.29. The molecule has 0 fully saturated rings. The fourth-order valence-corrected chi connectivity index (χ4v) is 3.38. The molecule has 3 rings (SSSR count). The Bertz CT molecular complexity index is 730. The molecule has 0 spiro atoms. The average Bonchev–Trinajstić information content (AvgIpc) is 3.16. The molecule has 0 saturated heterocycles. The Labute approximate surface area is 148 Å². The number of nitrogens with one attached hydrogen (secondary N) is 1. The van der Waals surface area contributed by atoms with Gasteiger partial charge in [-0.15, -0.1) is 0 Å². The molecule has 0 aliphatic carbocycles. The second-order valence-corrected chi connectivity index (χ2v) is 6.28. The zero-order chi connectivity index (χ0) is 17.5. The maximum Gasteiger partial charge on any atom is 0.221 e. The molecule has 0 bridgehead atoms. The van der Waals surface area contributed by atoms with Crippen LogP contribution in [0.25, 0.3) is 0 Å². The fraction of sp³-hybridized carbons (Fsp3) is 0.238. The maximum absolute atomic E-state index is 12.3. The van der Waals surface area contributed by atoms with E-state index < -0.39 is 0 Å². The van der Waals surface area contributed by atoms with Crippen LogP contribution in [0.1, 0.15) is 35.6 Å². The van der Waals surface area contributed by atoms with Crippen LogP contribution in [-0.4, -0.2) is 15.9 Å². The molecule has 0 saturated carbocycles. The first-order valence-corrected chi connectivity index (χ1v) is 8.62. The van der Waals surface area contributed by atoms with Crippen molar-refractivity contribution in [1.82, 2.24) is 9.97 Å². The normalized spacial score (nSPS) is 12.2. The van der Waals surface area contributed by atoms with Crippen LogP contribution in [0.5, 0.6) is 0 Å². The van der Waals surface area contributed by atoms with E-state index in [-0.39, 0.29) is 17.7 Å². The third kappa shape index (κ3) is 4.35. The van der Waals surface area contributed by atoms with E-state index in [1.54, 1.807) is 6.33 Å². The van der Waals surface area contributed by atoms with Gasteiger partial charge < -0.3 is 10.7 Å². The molecule has 25 heavy (non-hydrogen) atoms. The minimum Gasteiger partial charge on any atom is -0.369 e. The molecule has 3 N–H and O–H groups in total. The first-order chi connectivity index (χ1) is 12.3. The maximum atomic E-state index is 12.3. The lowest BCUT2D eigenvalue weighted by atomic mass is 9.78. The largest absolute Gasteiger partial charge is 0.369 e. The molecular weight excluding hydrogens is 310 g/mol. The zero-order valence-corrected chi connectivity index (χ0v) is 14.1. The highest BCUT2D eigenvalue weighted by Gasteiger charge is 2.28. The summed E-state index contributed by atoms with van der Waals surface area (Å²) in [5, 5.41) is 0.